The number of aliphatic hydroxyl groups is 1. The molecule has 2 heterocycles. The van der Waals surface area contributed by atoms with Crippen LogP contribution in [0.25, 0.3) is 0 Å². The number of allylic oxidation sites excluding steroid dienone is 1. The van der Waals surface area contributed by atoms with Gasteiger partial charge in [-0.1, -0.05) is 55.3 Å². The van der Waals surface area contributed by atoms with Crippen LogP contribution in [-0.4, -0.2) is 64.4 Å². The summed E-state index contributed by atoms with van der Waals surface area (Å²) in [6, 6.07) is 9.74. The number of hydrogen-bond acceptors (Lipinski definition) is 9. The lowest BCUT2D eigenvalue weighted by Gasteiger charge is -2.61. The van der Waals surface area contributed by atoms with Crippen molar-refractivity contribution in [3.8, 4) is 0 Å². The number of aryl methyl sites for hydroxylation is 1. The van der Waals surface area contributed by atoms with Crippen LogP contribution >= 0.6 is 0 Å². The first kappa shape index (κ1) is 33.0. The number of cyclic esters (lactones) is 1. The van der Waals surface area contributed by atoms with E-state index in [0.717, 1.165) is 16.7 Å². The Balaban J connectivity index is 1.19. The van der Waals surface area contributed by atoms with E-state index in [1.54, 1.807) is 13.0 Å². The van der Waals surface area contributed by atoms with Crippen LogP contribution in [0, 0.1) is 28.6 Å². The number of ketones is 1. The lowest BCUT2D eigenvalue weighted by molar-refractivity contribution is -0.225. The third-order valence-corrected chi connectivity index (χ3v) is 13.2. The molecule has 1 aromatic carbocycles. The summed E-state index contributed by atoms with van der Waals surface area (Å²) in [6.45, 7) is 11.0. The average molecular weight is 659 g/mol. The number of fused-ring (bicyclic) bond motifs is 4. The molecule has 256 valence electrons. The highest BCUT2D eigenvalue weighted by molar-refractivity contribution is 5.98. The minimum atomic E-state index is -1.55. The SMILES string of the molecule is CC(=O)O[C@H]1C=C([C@H](C)[C@H]2CC(C)=C(C)C(=O)O2)[C@@]2(C)CC[C@H]3[C@@H](C[C@H]4O[C@]45[C@@H](OC(=O)CCc4ccccc4)C=CC(=O)[C@]35C)[C@]12O. The van der Waals surface area contributed by atoms with Crippen LogP contribution in [-0.2, 0) is 44.5 Å². The Bertz CT molecular complexity index is 1660. The Hall–Kier alpha value is -3.56. The molecule has 0 unspecified atom stereocenters. The van der Waals surface area contributed by atoms with Crippen LogP contribution in [0.15, 0.2) is 65.3 Å². The lowest BCUT2D eigenvalue weighted by atomic mass is 9.42. The van der Waals surface area contributed by atoms with E-state index in [9.17, 15) is 24.3 Å². The van der Waals surface area contributed by atoms with Crippen molar-refractivity contribution in [2.75, 3.05) is 0 Å². The zero-order chi connectivity index (χ0) is 34.4. The van der Waals surface area contributed by atoms with Gasteiger partial charge in [-0.25, -0.2) is 4.79 Å². The van der Waals surface area contributed by atoms with Crippen molar-refractivity contribution >= 4 is 23.7 Å². The minimum Gasteiger partial charge on any atom is -0.458 e. The summed E-state index contributed by atoms with van der Waals surface area (Å²) < 4.78 is 24.4. The Morgan fingerprint density at radius 2 is 1.79 bits per heavy atom. The number of benzene rings is 1. The van der Waals surface area contributed by atoms with E-state index in [1.807, 2.05) is 64.1 Å². The van der Waals surface area contributed by atoms with Crippen LogP contribution < -0.4 is 0 Å². The Labute approximate surface area is 281 Å². The van der Waals surface area contributed by atoms with Crippen LogP contribution in [0.1, 0.15) is 79.2 Å². The average Bonchev–Trinajstić information content (AvgIpc) is 3.74. The molecule has 0 radical (unpaired) electrons. The first-order chi connectivity index (χ1) is 22.7. The summed E-state index contributed by atoms with van der Waals surface area (Å²) in [5.41, 5.74) is -0.942. The van der Waals surface area contributed by atoms with Gasteiger partial charge in [0.1, 0.15) is 23.4 Å². The van der Waals surface area contributed by atoms with Gasteiger partial charge in [0.2, 0.25) is 0 Å². The molecule has 1 spiro atoms. The lowest BCUT2D eigenvalue weighted by Crippen LogP contribution is -2.70. The van der Waals surface area contributed by atoms with Crippen molar-refractivity contribution in [1.29, 1.82) is 0 Å². The van der Waals surface area contributed by atoms with Crippen molar-refractivity contribution in [1.82, 2.24) is 0 Å². The summed E-state index contributed by atoms with van der Waals surface area (Å²) in [5, 5.41) is 13.1. The van der Waals surface area contributed by atoms with Crippen molar-refractivity contribution in [3.63, 3.8) is 0 Å². The molecule has 9 heteroatoms. The Kier molecular flexibility index (Phi) is 7.72. The van der Waals surface area contributed by atoms with Crippen molar-refractivity contribution in [3.05, 3.63) is 70.8 Å². The van der Waals surface area contributed by atoms with E-state index < -0.39 is 58.3 Å². The molecular formula is C39H46O9. The normalized spacial score (nSPS) is 41.6. The monoisotopic (exact) mass is 658 g/mol. The fourth-order valence-corrected chi connectivity index (χ4v) is 10.3. The number of esters is 3. The number of rotatable bonds is 7. The zero-order valence-corrected chi connectivity index (χ0v) is 28.6. The fraction of sp³-hybridized carbons (Fsp3) is 0.590. The maximum Gasteiger partial charge on any atom is 0.333 e. The molecule has 1 N–H and O–H groups in total. The molecule has 0 amide bonds. The number of carbonyl (C=O) groups is 4. The van der Waals surface area contributed by atoms with E-state index in [4.69, 9.17) is 18.9 Å². The number of carbonyl (C=O) groups excluding carboxylic acids is 4. The van der Waals surface area contributed by atoms with Crippen LogP contribution in [0.5, 0.6) is 0 Å². The number of epoxide rings is 1. The second kappa shape index (κ2) is 11.2. The molecule has 2 saturated carbocycles. The van der Waals surface area contributed by atoms with Gasteiger partial charge in [-0.05, 0) is 82.1 Å². The van der Waals surface area contributed by atoms with E-state index in [0.29, 0.717) is 37.7 Å². The van der Waals surface area contributed by atoms with Crippen molar-refractivity contribution in [2.45, 2.75) is 116 Å². The third kappa shape index (κ3) is 4.49. The Morgan fingerprint density at radius 3 is 2.48 bits per heavy atom. The molecule has 7 rings (SSSR count). The summed E-state index contributed by atoms with van der Waals surface area (Å²) in [4.78, 5) is 52.4. The van der Waals surface area contributed by atoms with Gasteiger partial charge in [-0.15, -0.1) is 0 Å². The van der Waals surface area contributed by atoms with Crippen molar-refractivity contribution in [2.24, 2.45) is 28.6 Å². The highest BCUT2D eigenvalue weighted by Gasteiger charge is 2.83. The fourth-order valence-electron chi connectivity index (χ4n) is 10.3. The predicted molar refractivity (Wildman–Crippen MR) is 174 cm³/mol. The summed E-state index contributed by atoms with van der Waals surface area (Å²) in [6.07, 6.45) is 5.35. The zero-order valence-electron chi connectivity index (χ0n) is 28.6. The standard InChI is InChI=1S/C39H46O9/c1-21-18-29(46-35(43)22(21)2)23(3)27-19-32(45-24(4)40)38(44)28-20-33-39(48-33)31(47-34(42)15-12-25-10-8-7-9-11-25)14-13-30(41)37(39,6)26(28)16-17-36(27,38)5/h7-11,13-14,19,23,26,28-29,31-33,44H,12,15-18,20H2,1-6H3/t23-,26-,28+,29+,31-,32-,33+,36+,37-,38-,39+/m0/s1. The second-order valence-electron chi connectivity index (χ2n) is 15.4. The minimum absolute atomic E-state index is 0.112. The Morgan fingerprint density at radius 1 is 1.06 bits per heavy atom. The van der Waals surface area contributed by atoms with Gasteiger partial charge in [0.15, 0.2) is 11.9 Å². The number of hydrogen-bond donors (Lipinski definition) is 1. The smallest absolute Gasteiger partial charge is 0.333 e. The van der Waals surface area contributed by atoms with Gasteiger partial charge in [0.25, 0.3) is 0 Å². The third-order valence-electron chi connectivity index (χ3n) is 13.2. The molecule has 1 aromatic rings. The molecule has 1 saturated heterocycles. The van der Waals surface area contributed by atoms with Gasteiger partial charge < -0.3 is 24.1 Å². The molecule has 6 aliphatic rings. The summed E-state index contributed by atoms with van der Waals surface area (Å²) in [7, 11) is 0. The van der Waals surface area contributed by atoms with Gasteiger partial charge in [0, 0.05) is 36.7 Å². The maximum absolute atomic E-state index is 14.0. The topological polar surface area (TPSA) is 129 Å². The first-order valence-electron chi connectivity index (χ1n) is 17.3. The molecule has 4 aliphatic carbocycles. The first-order valence-corrected chi connectivity index (χ1v) is 17.3. The van der Waals surface area contributed by atoms with Crippen molar-refractivity contribution < 1.29 is 43.2 Å². The largest absolute Gasteiger partial charge is 0.458 e. The highest BCUT2D eigenvalue weighted by atomic mass is 16.7. The van der Waals surface area contributed by atoms with E-state index >= 15 is 0 Å². The highest BCUT2D eigenvalue weighted by Crippen LogP contribution is 2.74. The molecule has 9 nitrogen and oxygen atoms in total. The molecule has 11 atom stereocenters. The molecule has 0 bridgehead atoms. The van der Waals surface area contributed by atoms with Crippen LogP contribution in [0.2, 0.25) is 0 Å². The molecule has 2 aliphatic heterocycles. The van der Waals surface area contributed by atoms with Gasteiger partial charge in [-0.2, -0.15) is 0 Å². The number of ether oxygens (including phenoxy) is 4. The summed E-state index contributed by atoms with van der Waals surface area (Å²) >= 11 is 0. The van der Waals surface area contributed by atoms with Crippen LogP contribution in [0.3, 0.4) is 0 Å². The molecular weight excluding hydrogens is 612 g/mol. The van der Waals surface area contributed by atoms with Gasteiger partial charge in [0.05, 0.1) is 11.5 Å². The maximum atomic E-state index is 14.0. The predicted octanol–water partition coefficient (Wildman–Crippen LogP) is 5.14. The van der Waals surface area contributed by atoms with E-state index in [1.165, 1.54) is 13.0 Å². The van der Waals surface area contributed by atoms with E-state index in [-0.39, 0.29) is 36.0 Å². The van der Waals surface area contributed by atoms with E-state index in [2.05, 4.69) is 0 Å². The van der Waals surface area contributed by atoms with Crippen LogP contribution in [0.4, 0.5) is 0 Å². The quantitative estimate of drug-likeness (QED) is 0.183. The molecule has 3 fully saturated rings. The molecule has 48 heavy (non-hydrogen) atoms. The van der Waals surface area contributed by atoms with Gasteiger partial charge >= 0.3 is 17.9 Å². The van der Waals surface area contributed by atoms with Gasteiger partial charge in [-0.3, -0.25) is 14.4 Å². The second-order valence-corrected chi connectivity index (χ2v) is 15.4. The summed E-state index contributed by atoms with van der Waals surface area (Å²) in [5.74, 6) is -2.37. The molecule has 0 aromatic heterocycles.